The van der Waals surface area contributed by atoms with Gasteiger partial charge in [-0.1, -0.05) is 42.0 Å². The lowest BCUT2D eigenvalue weighted by molar-refractivity contribution is -0.122. The molecule has 0 aromatic heterocycles. The molecular formula is C20H26N2O3. The number of hydrogen-bond donors (Lipinski definition) is 2. The Labute approximate surface area is 149 Å². The van der Waals surface area contributed by atoms with Crippen LogP contribution >= 0.6 is 0 Å². The summed E-state index contributed by atoms with van der Waals surface area (Å²) in [6, 6.07) is 15.3. The third-order valence-electron chi connectivity index (χ3n) is 4.21. The molecule has 2 aromatic carbocycles. The van der Waals surface area contributed by atoms with Gasteiger partial charge in [0.1, 0.15) is 5.75 Å². The number of nitrogens with zero attached hydrogens (tertiary/aromatic N) is 1. The van der Waals surface area contributed by atoms with E-state index in [1.807, 2.05) is 67.4 Å². The van der Waals surface area contributed by atoms with Gasteiger partial charge in [-0.15, -0.1) is 0 Å². The van der Waals surface area contributed by atoms with Crippen LogP contribution in [-0.4, -0.2) is 43.2 Å². The Balaban J connectivity index is 1.90. The van der Waals surface area contributed by atoms with Crippen molar-refractivity contribution in [1.29, 1.82) is 0 Å². The first kappa shape index (κ1) is 19.0. The Bertz CT molecular complexity index is 668. The zero-order valence-corrected chi connectivity index (χ0v) is 15.0. The van der Waals surface area contributed by atoms with E-state index in [2.05, 4.69) is 5.32 Å². The van der Waals surface area contributed by atoms with Gasteiger partial charge in [0.2, 0.25) is 5.91 Å². The molecular weight excluding hydrogens is 316 g/mol. The van der Waals surface area contributed by atoms with E-state index in [0.29, 0.717) is 6.54 Å². The third kappa shape index (κ3) is 5.59. The highest BCUT2D eigenvalue weighted by Crippen LogP contribution is 2.21. The fourth-order valence-electron chi connectivity index (χ4n) is 2.62. The zero-order valence-electron chi connectivity index (χ0n) is 15.0. The molecule has 134 valence electrons. The Hall–Kier alpha value is -2.37. The molecule has 2 rings (SSSR count). The van der Waals surface area contributed by atoms with Crippen LogP contribution in [0.25, 0.3) is 0 Å². The number of nitrogens with one attached hydrogen (secondary N) is 1. The van der Waals surface area contributed by atoms with Gasteiger partial charge >= 0.3 is 0 Å². The van der Waals surface area contributed by atoms with E-state index >= 15 is 0 Å². The van der Waals surface area contributed by atoms with E-state index in [4.69, 9.17) is 4.74 Å². The molecule has 0 aliphatic carbocycles. The highest BCUT2D eigenvalue weighted by Gasteiger charge is 2.18. The Morgan fingerprint density at radius 1 is 1.16 bits per heavy atom. The average molecular weight is 342 g/mol. The molecule has 0 saturated heterocycles. The summed E-state index contributed by atoms with van der Waals surface area (Å²) in [6.07, 6.45) is 0. The smallest absolute Gasteiger partial charge is 0.234 e. The maximum atomic E-state index is 12.2. The Morgan fingerprint density at radius 2 is 1.80 bits per heavy atom. The summed E-state index contributed by atoms with van der Waals surface area (Å²) in [5, 5.41) is 12.6. The van der Waals surface area contributed by atoms with Gasteiger partial charge in [0.05, 0.1) is 26.3 Å². The van der Waals surface area contributed by atoms with Gasteiger partial charge in [-0.25, -0.2) is 0 Å². The normalized spacial score (nSPS) is 12.0. The molecule has 0 aliphatic rings. The molecule has 5 nitrogen and oxygen atoms in total. The van der Waals surface area contributed by atoms with Crippen molar-refractivity contribution < 1.29 is 14.6 Å². The van der Waals surface area contributed by atoms with Gasteiger partial charge in [0.25, 0.3) is 0 Å². The number of carbonyl (C=O) groups is 1. The molecule has 0 heterocycles. The first-order valence-electron chi connectivity index (χ1n) is 8.30. The molecule has 0 spiro atoms. The third-order valence-corrected chi connectivity index (χ3v) is 4.21. The van der Waals surface area contributed by atoms with Crippen molar-refractivity contribution in [3.8, 4) is 5.75 Å². The van der Waals surface area contributed by atoms with Gasteiger partial charge < -0.3 is 15.2 Å². The second kappa shape index (κ2) is 9.20. The number of rotatable bonds is 8. The molecule has 0 saturated carbocycles. The van der Waals surface area contributed by atoms with Crippen LogP contribution in [0, 0.1) is 6.92 Å². The molecule has 2 aromatic rings. The van der Waals surface area contributed by atoms with E-state index in [0.717, 1.165) is 16.9 Å². The van der Waals surface area contributed by atoms with Gasteiger partial charge in [-0.3, -0.25) is 9.69 Å². The molecule has 1 unspecified atom stereocenters. The van der Waals surface area contributed by atoms with Crippen molar-refractivity contribution in [1.82, 2.24) is 10.2 Å². The summed E-state index contributed by atoms with van der Waals surface area (Å²) >= 11 is 0. The van der Waals surface area contributed by atoms with Crippen molar-refractivity contribution in [3.63, 3.8) is 0 Å². The number of carbonyl (C=O) groups excluding carboxylic acids is 1. The van der Waals surface area contributed by atoms with Gasteiger partial charge in [0.15, 0.2) is 0 Å². The Morgan fingerprint density at radius 3 is 2.36 bits per heavy atom. The van der Waals surface area contributed by atoms with E-state index in [-0.39, 0.29) is 25.1 Å². The van der Waals surface area contributed by atoms with Crippen molar-refractivity contribution >= 4 is 5.91 Å². The maximum absolute atomic E-state index is 12.2. The SMILES string of the molecule is COc1ccc(C(CO)N(C)CC(=O)NCc2ccc(C)cc2)cc1. The number of ether oxygens (including phenoxy) is 1. The van der Waals surface area contributed by atoms with Crippen molar-refractivity contribution in [2.24, 2.45) is 0 Å². The summed E-state index contributed by atoms with van der Waals surface area (Å²) in [6.45, 7) is 2.68. The molecule has 1 atom stereocenters. The van der Waals surface area contributed by atoms with E-state index in [9.17, 15) is 9.90 Å². The minimum atomic E-state index is -0.240. The van der Waals surface area contributed by atoms with Crippen LogP contribution < -0.4 is 10.1 Å². The number of likely N-dealkylation sites (N-methyl/N-ethyl adjacent to an activating group) is 1. The average Bonchev–Trinajstić information content (AvgIpc) is 2.62. The van der Waals surface area contributed by atoms with Crippen LogP contribution in [0.3, 0.4) is 0 Å². The summed E-state index contributed by atoms with van der Waals surface area (Å²) < 4.78 is 5.15. The minimum Gasteiger partial charge on any atom is -0.497 e. The maximum Gasteiger partial charge on any atom is 0.234 e. The lowest BCUT2D eigenvalue weighted by atomic mass is 10.1. The Kier molecular flexibility index (Phi) is 6.98. The summed E-state index contributed by atoms with van der Waals surface area (Å²) in [4.78, 5) is 14.0. The summed E-state index contributed by atoms with van der Waals surface area (Å²) in [5.74, 6) is 0.689. The predicted octanol–water partition coefficient (Wildman–Crippen LogP) is 2.29. The standard InChI is InChI=1S/C20H26N2O3/c1-15-4-6-16(7-5-15)12-21-20(24)13-22(2)19(14-23)17-8-10-18(25-3)11-9-17/h4-11,19,23H,12-14H2,1-3H3,(H,21,24). The van der Waals surface area contributed by atoms with E-state index in [1.165, 1.54) is 5.56 Å². The zero-order chi connectivity index (χ0) is 18.2. The number of amides is 1. The summed E-state index contributed by atoms with van der Waals surface area (Å²) in [7, 11) is 3.44. The lowest BCUT2D eigenvalue weighted by Crippen LogP contribution is -2.38. The van der Waals surface area contributed by atoms with Crippen LogP contribution in [0.1, 0.15) is 22.7 Å². The number of aliphatic hydroxyl groups is 1. The first-order chi connectivity index (χ1) is 12.0. The number of aryl methyl sites for hydroxylation is 1. The van der Waals surface area contributed by atoms with Crippen LogP contribution in [0.4, 0.5) is 0 Å². The highest BCUT2D eigenvalue weighted by molar-refractivity contribution is 5.78. The molecule has 2 N–H and O–H groups in total. The highest BCUT2D eigenvalue weighted by atomic mass is 16.5. The second-order valence-electron chi connectivity index (χ2n) is 6.15. The quantitative estimate of drug-likeness (QED) is 0.773. The predicted molar refractivity (Wildman–Crippen MR) is 98.5 cm³/mol. The molecule has 0 radical (unpaired) electrons. The molecule has 5 heteroatoms. The van der Waals surface area contributed by atoms with Crippen molar-refractivity contribution in [3.05, 3.63) is 65.2 Å². The molecule has 0 fully saturated rings. The minimum absolute atomic E-state index is 0.0614. The lowest BCUT2D eigenvalue weighted by Gasteiger charge is -2.26. The van der Waals surface area contributed by atoms with Crippen LogP contribution in [0.5, 0.6) is 5.75 Å². The number of aliphatic hydroxyl groups excluding tert-OH is 1. The van der Waals surface area contributed by atoms with Gasteiger partial charge in [0, 0.05) is 6.54 Å². The van der Waals surface area contributed by atoms with Crippen LogP contribution in [-0.2, 0) is 11.3 Å². The van der Waals surface area contributed by atoms with Crippen molar-refractivity contribution in [2.75, 3.05) is 27.3 Å². The topological polar surface area (TPSA) is 61.8 Å². The van der Waals surface area contributed by atoms with Gasteiger partial charge in [-0.2, -0.15) is 0 Å². The monoisotopic (exact) mass is 342 g/mol. The van der Waals surface area contributed by atoms with Crippen molar-refractivity contribution in [2.45, 2.75) is 19.5 Å². The molecule has 0 aliphatic heterocycles. The first-order valence-corrected chi connectivity index (χ1v) is 8.30. The molecule has 25 heavy (non-hydrogen) atoms. The number of benzene rings is 2. The van der Waals surface area contributed by atoms with E-state index < -0.39 is 0 Å². The number of methoxy groups -OCH3 is 1. The van der Waals surface area contributed by atoms with Gasteiger partial charge in [-0.05, 0) is 37.2 Å². The fourth-order valence-corrected chi connectivity index (χ4v) is 2.62. The summed E-state index contributed by atoms with van der Waals surface area (Å²) in [5.41, 5.74) is 3.20. The molecule has 1 amide bonds. The van der Waals surface area contributed by atoms with E-state index in [1.54, 1.807) is 7.11 Å². The largest absolute Gasteiger partial charge is 0.497 e. The van der Waals surface area contributed by atoms with Crippen LogP contribution in [0.15, 0.2) is 48.5 Å². The second-order valence-corrected chi connectivity index (χ2v) is 6.15. The molecule has 0 bridgehead atoms. The number of hydrogen-bond acceptors (Lipinski definition) is 4. The van der Waals surface area contributed by atoms with Crippen LogP contribution in [0.2, 0.25) is 0 Å². The fraction of sp³-hybridized carbons (Fsp3) is 0.350.